The molecule has 0 amide bonds. The van der Waals surface area contributed by atoms with Gasteiger partial charge in [-0.15, -0.1) is 0 Å². The molecule has 2 rings (SSSR count). The maximum absolute atomic E-state index is 11.3. The van der Waals surface area contributed by atoms with Crippen LogP contribution in [0.5, 0.6) is 17.2 Å². The number of carbonyl (C=O) groups excluding carboxylic acids is 1. The van der Waals surface area contributed by atoms with Gasteiger partial charge in [-0.05, 0) is 5.56 Å². The number of ether oxygens (including phenoxy) is 2. The second-order valence-electron chi connectivity index (χ2n) is 4.10. The normalized spacial score (nSPS) is 10.1. The third-order valence-electron chi connectivity index (χ3n) is 2.72. The molecule has 0 saturated heterocycles. The number of phenolic OH excluding ortho intramolecular Hbond substituents is 2. The molecular formula is C15H14O5. The van der Waals surface area contributed by atoms with Crippen molar-refractivity contribution >= 4 is 5.97 Å². The molecule has 2 aromatic rings. The van der Waals surface area contributed by atoms with Gasteiger partial charge in [0.25, 0.3) is 0 Å². The lowest BCUT2D eigenvalue weighted by molar-refractivity contribution is 0.0597. The Kier molecular flexibility index (Phi) is 4.10. The van der Waals surface area contributed by atoms with Crippen LogP contribution in [0.4, 0.5) is 0 Å². The van der Waals surface area contributed by atoms with Gasteiger partial charge in [0.1, 0.15) is 17.9 Å². The smallest absolute Gasteiger partial charge is 0.341 e. The minimum atomic E-state index is -0.729. The molecule has 0 bridgehead atoms. The van der Waals surface area contributed by atoms with Gasteiger partial charge < -0.3 is 19.7 Å². The maximum atomic E-state index is 11.3. The molecule has 0 heterocycles. The second kappa shape index (κ2) is 5.97. The van der Waals surface area contributed by atoms with E-state index >= 15 is 0 Å². The van der Waals surface area contributed by atoms with Crippen molar-refractivity contribution in [2.45, 2.75) is 6.61 Å². The average molecular weight is 274 g/mol. The molecule has 0 aliphatic heterocycles. The molecule has 0 unspecified atom stereocenters. The summed E-state index contributed by atoms with van der Waals surface area (Å²) in [4.78, 5) is 11.3. The first-order chi connectivity index (χ1) is 9.61. The number of benzene rings is 2. The minimum absolute atomic E-state index is 0.0963. The summed E-state index contributed by atoms with van der Waals surface area (Å²) in [5.41, 5.74) is 0.806. The van der Waals surface area contributed by atoms with Crippen LogP contribution in [0, 0.1) is 0 Å². The van der Waals surface area contributed by atoms with Crippen molar-refractivity contribution in [2.24, 2.45) is 0 Å². The van der Waals surface area contributed by atoms with E-state index < -0.39 is 5.97 Å². The summed E-state index contributed by atoms with van der Waals surface area (Å²) >= 11 is 0. The van der Waals surface area contributed by atoms with E-state index in [2.05, 4.69) is 4.74 Å². The molecule has 0 radical (unpaired) electrons. The summed E-state index contributed by atoms with van der Waals surface area (Å²) in [7, 11) is 1.19. The Morgan fingerprint density at radius 3 is 2.45 bits per heavy atom. The van der Waals surface area contributed by atoms with Gasteiger partial charge in [-0.3, -0.25) is 0 Å². The van der Waals surface area contributed by atoms with Gasteiger partial charge in [0.05, 0.1) is 7.11 Å². The molecule has 0 spiro atoms. The van der Waals surface area contributed by atoms with E-state index in [-0.39, 0.29) is 29.4 Å². The summed E-state index contributed by atoms with van der Waals surface area (Å²) in [6.45, 7) is 0.241. The van der Waals surface area contributed by atoms with Gasteiger partial charge in [-0.1, -0.05) is 30.3 Å². The third kappa shape index (κ3) is 3.00. The molecule has 2 N–H and O–H groups in total. The molecule has 2 aromatic carbocycles. The van der Waals surface area contributed by atoms with Crippen LogP contribution in [0.2, 0.25) is 0 Å². The zero-order valence-corrected chi connectivity index (χ0v) is 10.9. The molecule has 20 heavy (non-hydrogen) atoms. The van der Waals surface area contributed by atoms with Crippen molar-refractivity contribution in [1.82, 2.24) is 0 Å². The molecule has 0 fully saturated rings. The van der Waals surface area contributed by atoms with Crippen LogP contribution < -0.4 is 4.74 Å². The van der Waals surface area contributed by atoms with E-state index in [0.717, 1.165) is 11.6 Å². The first kappa shape index (κ1) is 13.7. The zero-order chi connectivity index (χ0) is 14.5. The fourth-order valence-corrected chi connectivity index (χ4v) is 1.68. The topological polar surface area (TPSA) is 76.0 Å². The van der Waals surface area contributed by atoms with Gasteiger partial charge in [0.2, 0.25) is 0 Å². The first-order valence-corrected chi connectivity index (χ1v) is 5.93. The molecular weight excluding hydrogens is 260 g/mol. The van der Waals surface area contributed by atoms with Crippen LogP contribution >= 0.6 is 0 Å². The highest BCUT2D eigenvalue weighted by molar-refractivity contribution is 5.93. The van der Waals surface area contributed by atoms with Gasteiger partial charge >= 0.3 is 5.97 Å². The van der Waals surface area contributed by atoms with E-state index in [1.807, 2.05) is 30.3 Å². The fraction of sp³-hybridized carbons (Fsp3) is 0.133. The monoisotopic (exact) mass is 274 g/mol. The van der Waals surface area contributed by atoms with Gasteiger partial charge in [-0.2, -0.15) is 0 Å². The summed E-state index contributed by atoms with van der Waals surface area (Å²) in [5.74, 6) is -1.18. The van der Waals surface area contributed by atoms with E-state index in [0.29, 0.717) is 0 Å². The van der Waals surface area contributed by atoms with Crippen LogP contribution in [-0.2, 0) is 11.3 Å². The average Bonchev–Trinajstić information content (AvgIpc) is 2.48. The van der Waals surface area contributed by atoms with Crippen LogP contribution in [0.25, 0.3) is 0 Å². The predicted octanol–water partition coefficient (Wildman–Crippen LogP) is 2.46. The van der Waals surface area contributed by atoms with Crippen LogP contribution in [0.1, 0.15) is 15.9 Å². The summed E-state index contributed by atoms with van der Waals surface area (Å²) in [5, 5.41) is 19.5. The van der Waals surface area contributed by atoms with Gasteiger partial charge in [0.15, 0.2) is 11.5 Å². The fourth-order valence-electron chi connectivity index (χ4n) is 1.68. The zero-order valence-electron chi connectivity index (χ0n) is 10.9. The standard InChI is InChI=1S/C15H14O5/c1-19-15(18)11-7-13(17)14(8-12(11)16)20-9-10-5-3-2-4-6-10/h2-8,16-17H,9H2,1H3. The first-order valence-electron chi connectivity index (χ1n) is 5.93. The van der Waals surface area contributed by atoms with Crippen molar-refractivity contribution in [2.75, 3.05) is 7.11 Å². The lowest BCUT2D eigenvalue weighted by Gasteiger charge is -2.10. The van der Waals surface area contributed by atoms with E-state index in [9.17, 15) is 15.0 Å². The molecule has 0 saturated carbocycles. The largest absolute Gasteiger partial charge is 0.507 e. The summed E-state index contributed by atoms with van der Waals surface area (Å²) in [6, 6.07) is 11.7. The van der Waals surface area contributed by atoms with Crippen LogP contribution in [0.3, 0.4) is 0 Å². The molecule has 0 aliphatic carbocycles. The van der Waals surface area contributed by atoms with Crippen molar-refractivity contribution in [3.05, 3.63) is 53.6 Å². The molecule has 0 aromatic heterocycles. The molecule has 5 nitrogen and oxygen atoms in total. The number of esters is 1. The highest BCUT2D eigenvalue weighted by Crippen LogP contribution is 2.34. The lowest BCUT2D eigenvalue weighted by atomic mass is 10.1. The van der Waals surface area contributed by atoms with E-state index in [1.165, 1.54) is 13.2 Å². The number of carbonyl (C=O) groups is 1. The van der Waals surface area contributed by atoms with Crippen molar-refractivity contribution in [3.8, 4) is 17.2 Å². The summed E-state index contributed by atoms with van der Waals surface area (Å²) < 4.78 is 9.90. The second-order valence-corrected chi connectivity index (χ2v) is 4.10. The summed E-state index contributed by atoms with van der Waals surface area (Å²) in [6.07, 6.45) is 0. The Labute approximate surface area is 116 Å². The Morgan fingerprint density at radius 1 is 1.10 bits per heavy atom. The third-order valence-corrected chi connectivity index (χ3v) is 2.72. The predicted molar refractivity (Wildman–Crippen MR) is 71.9 cm³/mol. The van der Waals surface area contributed by atoms with Gasteiger partial charge in [0, 0.05) is 12.1 Å². The van der Waals surface area contributed by atoms with Crippen molar-refractivity contribution < 1.29 is 24.5 Å². The quantitative estimate of drug-likeness (QED) is 0.661. The Balaban J connectivity index is 2.17. The highest BCUT2D eigenvalue weighted by atomic mass is 16.5. The van der Waals surface area contributed by atoms with Crippen LogP contribution in [0.15, 0.2) is 42.5 Å². The number of phenols is 2. The number of hydrogen-bond donors (Lipinski definition) is 2. The van der Waals surface area contributed by atoms with Crippen molar-refractivity contribution in [3.63, 3.8) is 0 Å². The van der Waals surface area contributed by atoms with E-state index in [4.69, 9.17) is 4.74 Å². The molecule has 5 heteroatoms. The number of hydrogen-bond acceptors (Lipinski definition) is 5. The Hall–Kier alpha value is -2.69. The number of aromatic hydroxyl groups is 2. The molecule has 104 valence electrons. The highest BCUT2D eigenvalue weighted by Gasteiger charge is 2.16. The lowest BCUT2D eigenvalue weighted by Crippen LogP contribution is -2.02. The Bertz CT molecular complexity index is 607. The Morgan fingerprint density at radius 2 is 1.80 bits per heavy atom. The molecule has 0 aliphatic rings. The SMILES string of the molecule is COC(=O)c1cc(O)c(OCc2ccccc2)cc1O. The number of rotatable bonds is 4. The van der Waals surface area contributed by atoms with Crippen LogP contribution in [-0.4, -0.2) is 23.3 Å². The van der Waals surface area contributed by atoms with E-state index in [1.54, 1.807) is 0 Å². The van der Waals surface area contributed by atoms with Gasteiger partial charge in [-0.25, -0.2) is 4.79 Å². The van der Waals surface area contributed by atoms with Crippen molar-refractivity contribution in [1.29, 1.82) is 0 Å². The molecule has 0 atom stereocenters. The minimum Gasteiger partial charge on any atom is -0.507 e. The maximum Gasteiger partial charge on any atom is 0.341 e. The number of methoxy groups -OCH3 is 1.